The van der Waals surface area contributed by atoms with E-state index in [1.54, 1.807) is 22.9 Å². The number of hydrogen-bond donors (Lipinski definition) is 2. The van der Waals surface area contributed by atoms with Crippen LogP contribution in [0.5, 0.6) is 0 Å². The lowest BCUT2D eigenvalue weighted by atomic mass is 10.0. The summed E-state index contributed by atoms with van der Waals surface area (Å²) in [6.07, 6.45) is 2.58. The van der Waals surface area contributed by atoms with Crippen molar-refractivity contribution in [2.45, 2.75) is 32.2 Å². The first-order chi connectivity index (χ1) is 11.6. The van der Waals surface area contributed by atoms with Gasteiger partial charge >= 0.3 is 6.03 Å². The highest BCUT2D eigenvalue weighted by Gasteiger charge is 2.35. The molecule has 8 heteroatoms. The van der Waals surface area contributed by atoms with E-state index in [1.165, 1.54) is 0 Å². The van der Waals surface area contributed by atoms with Gasteiger partial charge in [-0.15, -0.1) is 0 Å². The predicted molar refractivity (Wildman–Crippen MR) is 90.6 cm³/mol. The molecule has 2 heterocycles. The van der Waals surface area contributed by atoms with E-state index in [0.717, 1.165) is 12.8 Å². The zero-order chi connectivity index (χ0) is 17.1. The first kappa shape index (κ1) is 16.2. The van der Waals surface area contributed by atoms with E-state index < -0.39 is 6.04 Å². The minimum absolute atomic E-state index is 0.00416. The van der Waals surface area contributed by atoms with Gasteiger partial charge in [0.15, 0.2) is 0 Å². The second kappa shape index (κ2) is 6.86. The summed E-state index contributed by atoms with van der Waals surface area (Å²) < 4.78 is 0. The molecule has 3 rings (SSSR count). The highest BCUT2D eigenvalue weighted by atomic mass is 16.2. The molecule has 1 atom stereocenters. The van der Waals surface area contributed by atoms with Crippen molar-refractivity contribution in [1.82, 2.24) is 25.2 Å². The summed E-state index contributed by atoms with van der Waals surface area (Å²) >= 11 is 0. The largest absolute Gasteiger partial charge is 0.342 e. The summed E-state index contributed by atoms with van der Waals surface area (Å²) in [5, 5.41) is 13.5. The van der Waals surface area contributed by atoms with Crippen molar-refractivity contribution in [3.8, 4) is 0 Å². The molecule has 1 saturated heterocycles. The normalized spacial score (nSPS) is 18.2. The fraction of sp³-hybridized carbons (Fsp3) is 0.500. The number of nitrogens with one attached hydrogen (secondary N) is 2. The third-order valence-electron chi connectivity index (χ3n) is 4.39. The van der Waals surface area contributed by atoms with Crippen LogP contribution >= 0.6 is 0 Å². The maximum absolute atomic E-state index is 12.7. The van der Waals surface area contributed by atoms with Crippen LogP contribution < -0.4 is 5.32 Å². The summed E-state index contributed by atoms with van der Waals surface area (Å²) in [7, 11) is 1.78. The number of nitrogens with zero attached hydrogens (tertiary/aromatic N) is 4. The summed E-state index contributed by atoms with van der Waals surface area (Å²) in [5.41, 5.74) is 1.88. The molecule has 1 fully saturated rings. The number of piperazine rings is 1. The van der Waals surface area contributed by atoms with Crippen molar-refractivity contribution in [1.29, 1.82) is 0 Å². The van der Waals surface area contributed by atoms with E-state index in [4.69, 9.17) is 0 Å². The number of H-pyrrole nitrogens is 1. The standard InChI is InChI=1S/C16H22N6O2/c1-3-4-8-13-15(23)21(2)9-10-22(13)16(24)17-11-6-5-7-12-14(11)19-20-18-12/h5-7,13H,3-4,8-10H2,1-2H3,(H,17,24)(H,18,19,20). The maximum Gasteiger partial charge on any atom is 0.322 e. The van der Waals surface area contributed by atoms with E-state index in [2.05, 4.69) is 27.7 Å². The Kier molecular flexibility index (Phi) is 4.64. The van der Waals surface area contributed by atoms with Crippen molar-refractivity contribution in [2.24, 2.45) is 0 Å². The Morgan fingerprint density at radius 1 is 1.38 bits per heavy atom. The van der Waals surface area contributed by atoms with Crippen LogP contribution in [-0.4, -0.2) is 63.3 Å². The Balaban J connectivity index is 1.79. The number of carbonyl (C=O) groups is 2. The van der Waals surface area contributed by atoms with Crippen LogP contribution in [0, 0.1) is 0 Å². The summed E-state index contributed by atoms with van der Waals surface area (Å²) in [6, 6.07) is 4.73. The van der Waals surface area contributed by atoms with Gasteiger partial charge in [-0.1, -0.05) is 25.8 Å². The fourth-order valence-corrected chi connectivity index (χ4v) is 2.99. The third kappa shape index (κ3) is 3.04. The number of urea groups is 1. The number of amides is 3. The Hall–Kier alpha value is -2.64. The second-order valence-electron chi connectivity index (χ2n) is 6.04. The fourth-order valence-electron chi connectivity index (χ4n) is 2.99. The molecule has 1 unspecified atom stereocenters. The zero-order valence-corrected chi connectivity index (χ0v) is 14.0. The molecule has 1 aliphatic heterocycles. The van der Waals surface area contributed by atoms with Gasteiger partial charge in [-0.25, -0.2) is 4.79 Å². The van der Waals surface area contributed by atoms with Crippen LogP contribution in [0.1, 0.15) is 26.2 Å². The number of likely N-dealkylation sites (N-methyl/N-ethyl adjacent to an activating group) is 1. The molecule has 1 aromatic heterocycles. The lowest BCUT2D eigenvalue weighted by molar-refractivity contribution is -0.138. The van der Waals surface area contributed by atoms with Crippen LogP contribution in [0.2, 0.25) is 0 Å². The second-order valence-corrected chi connectivity index (χ2v) is 6.04. The molecule has 0 saturated carbocycles. The van der Waals surface area contributed by atoms with Crippen LogP contribution in [-0.2, 0) is 4.79 Å². The van der Waals surface area contributed by atoms with E-state index in [1.807, 2.05) is 12.1 Å². The van der Waals surface area contributed by atoms with E-state index >= 15 is 0 Å². The number of aromatic amines is 1. The number of hydrogen-bond acceptors (Lipinski definition) is 4. The predicted octanol–water partition coefficient (Wildman–Crippen LogP) is 1.82. The number of anilines is 1. The van der Waals surface area contributed by atoms with Gasteiger partial charge in [0.25, 0.3) is 0 Å². The lowest BCUT2D eigenvalue weighted by Gasteiger charge is -2.39. The Labute approximate surface area is 140 Å². The van der Waals surface area contributed by atoms with Gasteiger partial charge in [-0.05, 0) is 18.6 Å². The maximum atomic E-state index is 12.7. The number of para-hydroxylation sites is 1. The number of unbranched alkanes of at least 4 members (excludes halogenated alkanes) is 1. The molecule has 24 heavy (non-hydrogen) atoms. The summed E-state index contributed by atoms with van der Waals surface area (Å²) in [6.45, 7) is 3.15. The Morgan fingerprint density at radius 2 is 2.21 bits per heavy atom. The molecule has 8 nitrogen and oxygen atoms in total. The molecule has 3 amide bonds. The zero-order valence-electron chi connectivity index (χ0n) is 14.0. The number of aromatic nitrogens is 3. The first-order valence-corrected chi connectivity index (χ1v) is 8.24. The Bertz CT molecular complexity index is 743. The van der Waals surface area contributed by atoms with E-state index in [0.29, 0.717) is 36.2 Å². The van der Waals surface area contributed by atoms with Gasteiger partial charge in [0.05, 0.1) is 5.69 Å². The smallest absolute Gasteiger partial charge is 0.322 e. The van der Waals surface area contributed by atoms with E-state index in [9.17, 15) is 9.59 Å². The van der Waals surface area contributed by atoms with Gasteiger partial charge in [-0.3, -0.25) is 4.79 Å². The highest BCUT2D eigenvalue weighted by molar-refractivity contribution is 6.00. The van der Waals surface area contributed by atoms with Gasteiger partial charge in [0, 0.05) is 20.1 Å². The molecule has 0 radical (unpaired) electrons. The summed E-state index contributed by atoms with van der Waals surface area (Å²) in [5.74, 6) is 0.00416. The van der Waals surface area contributed by atoms with Crippen molar-refractivity contribution in [2.75, 3.05) is 25.5 Å². The first-order valence-electron chi connectivity index (χ1n) is 8.24. The monoisotopic (exact) mass is 330 g/mol. The van der Waals surface area contributed by atoms with Crippen molar-refractivity contribution in [3.05, 3.63) is 18.2 Å². The quantitative estimate of drug-likeness (QED) is 0.894. The van der Waals surface area contributed by atoms with E-state index in [-0.39, 0.29) is 11.9 Å². The molecule has 0 spiro atoms. The molecule has 1 aromatic carbocycles. The van der Waals surface area contributed by atoms with Crippen LogP contribution in [0.3, 0.4) is 0 Å². The molecular weight excluding hydrogens is 308 g/mol. The number of carbonyl (C=O) groups excluding carboxylic acids is 2. The molecule has 2 N–H and O–H groups in total. The molecule has 0 aliphatic carbocycles. The average molecular weight is 330 g/mol. The van der Waals surface area contributed by atoms with Gasteiger partial charge in [0.1, 0.15) is 17.1 Å². The number of fused-ring (bicyclic) bond motifs is 1. The molecule has 0 bridgehead atoms. The third-order valence-corrected chi connectivity index (χ3v) is 4.39. The lowest BCUT2D eigenvalue weighted by Crippen LogP contribution is -2.58. The van der Waals surface area contributed by atoms with Gasteiger partial charge < -0.3 is 15.1 Å². The van der Waals surface area contributed by atoms with Crippen LogP contribution in [0.25, 0.3) is 11.0 Å². The molecular formula is C16H22N6O2. The number of rotatable bonds is 4. The van der Waals surface area contributed by atoms with Crippen molar-refractivity contribution < 1.29 is 9.59 Å². The molecule has 2 aromatic rings. The Morgan fingerprint density at radius 3 is 3.00 bits per heavy atom. The molecule has 1 aliphatic rings. The number of benzene rings is 1. The topological polar surface area (TPSA) is 94.2 Å². The SMILES string of the molecule is CCCCC1C(=O)N(C)CCN1C(=O)Nc1cccc2n[nH]nc12. The van der Waals surface area contributed by atoms with Crippen LogP contribution in [0.15, 0.2) is 18.2 Å². The van der Waals surface area contributed by atoms with Crippen molar-refractivity contribution in [3.63, 3.8) is 0 Å². The summed E-state index contributed by atoms with van der Waals surface area (Å²) in [4.78, 5) is 28.5. The van der Waals surface area contributed by atoms with Crippen LogP contribution in [0.4, 0.5) is 10.5 Å². The average Bonchev–Trinajstić information content (AvgIpc) is 3.06. The highest BCUT2D eigenvalue weighted by Crippen LogP contribution is 2.21. The van der Waals surface area contributed by atoms with Crippen molar-refractivity contribution >= 4 is 28.7 Å². The van der Waals surface area contributed by atoms with Gasteiger partial charge in [-0.2, -0.15) is 15.4 Å². The minimum Gasteiger partial charge on any atom is -0.342 e. The minimum atomic E-state index is -0.403. The molecule has 128 valence electrons. The van der Waals surface area contributed by atoms with Gasteiger partial charge in [0.2, 0.25) is 5.91 Å².